The van der Waals surface area contributed by atoms with Gasteiger partial charge in [-0.25, -0.2) is 19.9 Å². The molecule has 0 spiro atoms. The SMILES string of the molecule is c1ccc(-c2nc(-c3ccccc3)nc(-c3ccc(-n4c5ccccc5c5nc6ccc(-c7ccc8c9ccccc9c9ccccc9c8c7)cn6c54)cc3)n2)cc1. The van der Waals surface area contributed by atoms with E-state index in [0.29, 0.717) is 17.5 Å². The van der Waals surface area contributed by atoms with Gasteiger partial charge in [0, 0.05) is 34.0 Å². The van der Waals surface area contributed by atoms with E-state index in [9.17, 15) is 0 Å². The predicted octanol–water partition coefficient (Wildman–Crippen LogP) is 12.7. The summed E-state index contributed by atoms with van der Waals surface area (Å²) in [5, 5.41) is 8.70. The minimum Gasteiger partial charge on any atom is -0.294 e. The molecule has 0 radical (unpaired) electrons. The molecule has 0 fully saturated rings. The van der Waals surface area contributed by atoms with E-state index < -0.39 is 0 Å². The van der Waals surface area contributed by atoms with E-state index >= 15 is 0 Å². The summed E-state index contributed by atoms with van der Waals surface area (Å²) in [6.45, 7) is 0. The van der Waals surface area contributed by atoms with Crippen LogP contribution in [0.3, 0.4) is 0 Å². The fourth-order valence-electron chi connectivity index (χ4n) is 8.63. The van der Waals surface area contributed by atoms with Crippen LogP contribution in [-0.2, 0) is 0 Å². The molecule has 0 saturated carbocycles. The third-order valence-corrected chi connectivity index (χ3v) is 11.4. The van der Waals surface area contributed by atoms with Crippen LogP contribution in [0.15, 0.2) is 194 Å². The highest BCUT2D eigenvalue weighted by Crippen LogP contribution is 2.38. The lowest BCUT2D eigenvalue weighted by molar-refractivity contribution is 1.07. The van der Waals surface area contributed by atoms with Crippen LogP contribution in [0.4, 0.5) is 0 Å². The van der Waals surface area contributed by atoms with Gasteiger partial charge < -0.3 is 0 Å². The molecule has 4 aromatic heterocycles. The molecule has 270 valence electrons. The monoisotopic (exact) mass is 740 g/mol. The number of benzene rings is 8. The van der Waals surface area contributed by atoms with Gasteiger partial charge in [-0.05, 0) is 92.0 Å². The van der Waals surface area contributed by atoms with Crippen LogP contribution in [0.1, 0.15) is 0 Å². The van der Waals surface area contributed by atoms with E-state index in [4.69, 9.17) is 19.9 Å². The van der Waals surface area contributed by atoms with E-state index in [1.165, 1.54) is 32.3 Å². The minimum absolute atomic E-state index is 0.623. The lowest BCUT2D eigenvalue weighted by atomic mass is 9.92. The second-order valence-electron chi connectivity index (χ2n) is 14.7. The molecule has 12 rings (SSSR count). The summed E-state index contributed by atoms with van der Waals surface area (Å²) in [7, 11) is 0. The summed E-state index contributed by atoms with van der Waals surface area (Å²) < 4.78 is 4.56. The number of imidazole rings is 1. The highest BCUT2D eigenvalue weighted by Gasteiger charge is 2.20. The molecule has 8 aromatic carbocycles. The predicted molar refractivity (Wildman–Crippen MR) is 237 cm³/mol. The number of hydrogen-bond donors (Lipinski definition) is 0. The molecule has 0 bridgehead atoms. The maximum Gasteiger partial charge on any atom is 0.164 e. The zero-order chi connectivity index (χ0) is 38.2. The molecule has 0 atom stereocenters. The minimum atomic E-state index is 0.623. The molecular weight excluding hydrogens is 709 g/mol. The van der Waals surface area contributed by atoms with Crippen LogP contribution in [0.2, 0.25) is 0 Å². The van der Waals surface area contributed by atoms with Crippen LogP contribution < -0.4 is 0 Å². The summed E-state index contributed by atoms with van der Waals surface area (Å²) in [5.41, 5.74) is 10.1. The van der Waals surface area contributed by atoms with Crippen molar-refractivity contribution in [1.82, 2.24) is 28.9 Å². The van der Waals surface area contributed by atoms with Gasteiger partial charge in [-0.3, -0.25) is 8.97 Å². The van der Waals surface area contributed by atoms with Crippen LogP contribution in [0.25, 0.3) is 111 Å². The first kappa shape index (κ1) is 32.3. The first-order valence-corrected chi connectivity index (χ1v) is 19.5. The average molecular weight is 741 g/mol. The standard InChI is InChI=1S/C52H32N6/c1-3-13-33(14-4-1)49-54-50(34-15-5-2-6-16-34)56-51(55-49)35-23-27-38(28-24-35)58-46-22-12-11-21-44(46)48-52(58)57-32-37(26-30-47(57)53-48)36-25-29-43-41-19-8-7-17-39(41)40-18-9-10-20-42(40)45(43)31-36/h1-32H. The molecular formula is C52H32N6. The third-order valence-electron chi connectivity index (χ3n) is 11.4. The Balaban J connectivity index is 1.01. The Morgan fingerprint density at radius 1 is 0.328 bits per heavy atom. The molecule has 58 heavy (non-hydrogen) atoms. The molecule has 0 aliphatic carbocycles. The zero-order valence-corrected chi connectivity index (χ0v) is 31.2. The molecule has 6 heteroatoms. The molecule has 0 saturated heterocycles. The molecule has 0 aliphatic heterocycles. The lowest BCUT2D eigenvalue weighted by Crippen LogP contribution is -2.01. The summed E-state index contributed by atoms with van der Waals surface area (Å²) in [5.74, 6) is 1.90. The van der Waals surface area contributed by atoms with E-state index in [1.807, 2.05) is 60.7 Å². The Labute approximate surface area is 333 Å². The van der Waals surface area contributed by atoms with Crippen molar-refractivity contribution in [1.29, 1.82) is 0 Å². The van der Waals surface area contributed by atoms with Crippen molar-refractivity contribution in [2.75, 3.05) is 0 Å². The normalized spacial score (nSPS) is 11.8. The van der Waals surface area contributed by atoms with Crippen molar-refractivity contribution >= 4 is 60.0 Å². The third kappa shape index (κ3) is 5.05. The van der Waals surface area contributed by atoms with Gasteiger partial charge in [0.2, 0.25) is 0 Å². The van der Waals surface area contributed by atoms with E-state index in [-0.39, 0.29) is 0 Å². The fraction of sp³-hybridized carbons (Fsp3) is 0. The van der Waals surface area contributed by atoms with Gasteiger partial charge in [0.25, 0.3) is 0 Å². The summed E-state index contributed by atoms with van der Waals surface area (Å²) in [6, 6.07) is 65.8. The summed E-state index contributed by atoms with van der Waals surface area (Å²) in [6.07, 6.45) is 2.24. The van der Waals surface area contributed by atoms with Gasteiger partial charge in [0.1, 0.15) is 11.2 Å². The Kier molecular flexibility index (Phi) is 7.13. The second-order valence-corrected chi connectivity index (χ2v) is 14.7. The van der Waals surface area contributed by atoms with Crippen molar-refractivity contribution < 1.29 is 0 Å². The van der Waals surface area contributed by atoms with Crippen molar-refractivity contribution in [2.45, 2.75) is 0 Å². The summed E-state index contributed by atoms with van der Waals surface area (Å²) in [4.78, 5) is 20.0. The maximum absolute atomic E-state index is 5.21. The second kappa shape index (κ2) is 12.8. The van der Waals surface area contributed by atoms with Gasteiger partial charge >= 0.3 is 0 Å². The van der Waals surface area contributed by atoms with Gasteiger partial charge in [0.15, 0.2) is 23.1 Å². The highest BCUT2D eigenvalue weighted by atomic mass is 15.1. The number of rotatable bonds is 5. The number of aromatic nitrogens is 6. The molecule has 6 nitrogen and oxygen atoms in total. The van der Waals surface area contributed by atoms with Gasteiger partial charge in [-0.2, -0.15) is 0 Å². The van der Waals surface area contributed by atoms with Crippen molar-refractivity contribution in [3.8, 4) is 51.0 Å². The number of hydrogen-bond acceptors (Lipinski definition) is 4. The number of para-hydroxylation sites is 1. The smallest absolute Gasteiger partial charge is 0.164 e. The zero-order valence-electron chi connectivity index (χ0n) is 31.2. The molecule has 12 aromatic rings. The summed E-state index contributed by atoms with van der Waals surface area (Å²) >= 11 is 0. The van der Waals surface area contributed by atoms with Crippen LogP contribution >= 0.6 is 0 Å². The lowest BCUT2D eigenvalue weighted by Gasteiger charge is -2.13. The van der Waals surface area contributed by atoms with E-state index in [0.717, 1.165) is 61.2 Å². The molecule has 0 aliphatic rings. The average Bonchev–Trinajstić information content (AvgIpc) is 3.84. The Morgan fingerprint density at radius 2 is 0.793 bits per heavy atom. The Hall–Kier alpha value is -7.96. The molecule has 0 N–H and O–H groups in total. The van der Waals surface area contributed by atoms with Crippen LogP contribution in [0, 0.1) is 0 Å². The van der Waals surface area contributed by atoms with E-state index in [1.54, 1.807) is 0 Å². The molecule has 0 unspecified atom stereocenters. The van der Waals surface area contributed by atoms with Gasteiger partial charge in [0.05, 0.1) is 5.52 Å². The number of pyridine rings is 1. The van der Waals surface area contributed by atoms with Crippen LogP contribution in [0.5, 0.6) is 0 Å². The topological polar surface area (TPSA) is 60.9 Å². The highest BCUT2D eigenvalue weighted by molar-refractivity contribution is 6.25. The van der Waals surface area contributed by atoms with Crippen molar-refractivity contribution in [3.63, 3.8) is 0 Å². The Morgan fingerprint density at radius 3 is 1.40 bits per heavy atom. The van der Waals surface area contributed by atoms with Gasteiger partial charge in [-0.15, -0.1) is 0 Å². The fourth-order valence-corrected chi connectivity index (χ4v) is 8.63. The largest absolute Gasteiger partial charge is 0.294 e. The van der Waals surface area contributed by atoms with Crippen LogP contribution in [-0.4, -0.2) is 28.9 Å². The maximum atomic E-state index is 5.21. The molecule has 0 amide bonds. The first-order valence-electron chi connectivity index (χ1n) is 19.5. The number of nitrogens with zero attached hydrogens (tertiary/aromatic N) is 6. The number of fused-ring (bicyclic) bond motifs is 11. The van der Waals surface area contributed by atoms with Crippen molar-refractivity contribution in [3.05, 3.63) is 194 Å². The van der Waals surface area contributed by atoms with Crippen molar-refractivity contribution in [2.24, 2.45) is 0 Å². The Bertz CT molecular complexity index is 3460. The molecule has 4 heterocycles. The van der Waals surface area contributed by atoms with Gasteiger partial charge in [-0.1, -0.05) is 140 Å². The first-order chi connectivity index (χ1) is 28.7. The quantitative estimate of drug-likeness (QED) is 0.165. The van der Waals surface area contributed by atoms with E-state index in [2.05, 4.69) is 143 Å².